The average molecular weight is 430 g/mol. The number of amides is 1. The van der Waals surface area contributed by atoms with Crippen LogP contribution in [0.4, 0.5) is 5.13 Å². The topological polar surface area (TPSA) is 79.4 Å². The van der Waals surface area contributed by atoms with Crippen LogP contribution in [0.3, 0.4) is 0 Å². The summed E-state index contributed by atoms with van der Waals surface area (Å²) in [4.78, 5) is 17.4. The number of para-hydroxylation sites is 1. The highest BCUT2D eigenvalue weighted by Crippen LogP contribution is 2.32. The highest BCUT2D eigenvalue weighted by Gasteiger charge is 2.27. The first-order valence-corrected chi connectivity index (χ1v) is 11.9. The Hall–Kier alpha value is -2.29. The van der Waals surface area contributed by atoms with Gasteiger partial charge in [-0.15, -0.1) is 0 Å². The number of anilines is 1. The molecule has 1 aliphatic rings. The minimum absolute atomic E-state index is 0.220. The van der Waals surface area contributed by atoms with Crippen molar-refractivity contribution in [1.29, 1.82) is 0 Å². The molecule has 0 bridgehead atoms. The summed E-state index contributed by atoms with van der Waals surface area (Å²) in [6.07, 6.45) is 1.78. The molecule has 6 nitrogen and oxygen atoms in total. The summed E-state index contributed by atoms with van der Waals surface area (Å²) in [7, 11) is -3.48. The smallest absolute Gasteiger partial charge is 0.257 e. The van der Waals surface area contributed by atoms with Crippen LogP contribution in [0.25, 0.3) is 10.2 Å². The summed E-state index contributed by atoms with van der Waals surface area (Å²) >= 11 is 1.43. The van der Waals surface area contributed by atoms with Gasteiger partial charge in [-0.3, -0.25) is 10.1 Å². The fourth-order valence-corrected chi connectivity index (χ4v) is 5.93. The zero-order chi connectivity index (χ0) is 20.6. The molecule has 2 aromatic carbocycles. The summed E-state index contributed by atoms with van der Waals surface area (Å²) in [6.45, 7) is 5.34. The molecule has 1 fully saturated rings. The Kier molecular flexibility index (Phi) is 5.42. The molecule has 0 spiro atoms. The van der Waals surface area contributed by atoms with E-state index in [1.165, 1.54) is 27.8 Å². The Morgan fingerprint density at radius 2 is 1.79 bits per heavy atom. The maximum Gasteiger partial charge on any atom is 0.257 e. The first-order chi connectivity index (χ1) is 13.9. The van der Waals surface area contributed by atoms with Crippen LogP contribution in [0.15, 0.2) is 47.4 Å². The number of nitrogens with zero attached hydrogens (tertiary/aromatic N) is 2. The number of thiazole rings is 1. The lowest BCUT2D eigenvalue weighted by atomic mass is 10.0. The van der Waals surface area contributed by atoms with Crippen molar-refractivity contribution in [3.8, 4) is 0 Å². The molecule has 8 heteroatoms. The predicted molar refractivity (Wildman–Crippen MR) is 116 cm³/mol. The van der Waals surface area contributed by atoms with Crippen molar-refractivity contribution in [2.45, 2.75) is 37.5 Å². The largest absolute Gasteiger partial charge is 0.298 e. The van der Waals surface area contributed by atoms with Crippen LogP contribution in [-0.4, -0.2) is 36.7 Å². The molecule has 0 radical (unpaired) electrons. The molecular formula is C21H23N3O3S2. The van der Waals surface area contributed by atoms with Crippen molar-refractivity contribution in [2.75, 3.05) is 18.4 Å². The lowest BCUT2D eigenvalue weighted by Gasteiger charge is -2.15. The van der Waals surface area contributed by atoms with E-state index in [4.69, 9.17) is 0 Å². The first-order valence-electron chi connectivity index (χ1n) is 9.67. The Bertz CT molecular complexity index is 1150. The fraction of sp³-hybridized carbons (Fsp3) is 0.333. The molecule has 1 aliphatic heterocycles. The summed E-state index contributed by atoms with van der Waals surface area (Å²) in [5.41, 5.74) is 2.46. The maximum absolute atomic E-state index is 12.6. The van der Waals surface area contributed by atoms with E-state index in [2.05, 4.69) is 30.2 Å². The van der Waals surface area contributed by atoms with E-state index in [1.54, 1.807) is 12.1 Å². The fourth-order valence-electron chi connectivity index (χ4n) is 3.51. The molecule has 0 atom stereocenters. The number of nitrogens with one attached hydrogen (secondary N) is 1. The van der Waals surface area contributed by atoms with Crippen LogP contribution in [0, 0.1) is 0 Å². The highest BCUT2D eigenvalue weighted by molar-refractivity contribution is 7.89. The molecule has 2 heterocycles. The molecular weight excluding hydrogens is 406 g/mol. The summed E-state index contributed by atoms with van der Waals surface area (Å²) in [5, 5.41) is 3.37. The van der Waals surface area contributed by atoms with Crippen molar-refractivity contribution in [2.24, 2.45) is 0 Å². The van der Waals surface area contributed by atoms with Crippen molar-refractivity contribution in [3.63, 3.8) is 0 Å². The minimum atomic E-state index is -3.48. The number of benzene rings is 2. The maximum atomic E-state index is 12.6. The number of hydrogen-bond donors (Lipinski definition) is 1. The molecule has 1 saturated heterocycles. The van der Waals surface area contributed by atoms with Crippen molar-refractivity contribution >= 4 is 42.6 Å². The van der Waals surface area contributed by atoms with Crippen molar-refractivity contribution < 1.29 is 13.2 Å². The third kappa shape index (κ3) is 3.92. The second-order valence-corrected chi connectivity index (χ2v) is 10.4. The van der Waals surface area contributed by atoms with Gasteiger partial charge in [-0.25, -0.2) is 13.4 Å². The average Bonchev–Trinajstić information content (AvgIpc) is 3.37. The van der Waals surface area contributed by atoms with E-state index < -0.39 is 10.0 Å². The summed E-state index contributed by atoms with van der Waals surface area (Å²) in [6, 6.07) is 12.1. The predicted octanol–water partition coefficient (Wildman–Crippen LogP) is 4.46. The second kappa shape index (κ2) is 7.85. The molecule has 152 valence electrons. The van der Waals surface area contributed by atoms with Crippen LogP contribution in [-0.2, 0) is 10.0 Å². The van der Waals surface area contributed by atoms with Gasteiger partial charge < -0.3 is 0 Å². The molecule has 3 aromatic rings. The monoisotopic (exact) mass is 429 g/mol. The van der Waals surface area contributed by atoms with Gasteiger partial charge >= 0.3 is 0 Å². The third-order valence-electron chi connectivity index (χ3n) is 5.11. The summed E-state index contributed by atoms with van der Waals surface area (Å²) < 4.78 is 27.7. The van der Waals surface area contributed by atoms with E-state index in [1.807, 2.05) is 12.1 Å². The highest BCUT2D eigenvalue weighted by atomic mass is 32.2. The molecule has 1 aromatic heterocycles. The molecule has 4 rings (SSSR count). The van der Waals surface area contributed by atoms with Crippen molar-refractivity contribution in [3.05, 3.63) is 53.6 Å². The summed E-state index contributed by atoms with van der Waals surface area (Å²) in [5.74, 6) is 0.0368. The Labute approximate surface area is 174 Å². The first kappa shape index (κ1) is 20.0. The molecule has 0 unspecified atom stereocenters. The molecule has 29 heavy (non-hydrogen) atoms. The van der Waals surface area contributed by atoms with Crippen LogP contribution in [0.2, 0.25) is 0 Å². The number of aromatic nitrogens is 1. The van der Waals surface area contributed by atoms with Gasteiger partial charge in [0.1, 0.15) is 0 Å². The van der Waals surface area contributed by atoms with Gasteiger partial charge in [-0.1, -0.05) is 37.3 Å². The number of fused-ring (bicyclic) bond motifs is 1. The van der Waals surface area contributed by atoms with E-state index in [-0.39, 0.29) is 10.8 Å². The van der Waals surface area contributed by atoms with Crippen LogP contribution in [0.1, 0.15) is 48.5 Å². The van der Waals surface area contributed by atoms with Crippen LogP contribution < -0.4 is 5.32 Å². The molecule has 0 aliphatic carbocycles. The van der Waals surface area contributed by atoms with Gasteiger partial charge in [-0.2, -0.15) is 4.31 Å². The standard InChI is InChI=1S/C21H23N3O3S2/c1-14(2)17-6-5-7-18-19(17)22-21(28-18)23-20(25)15-8-10-16(11-9-15)29(26,27)24-12-3-4-13-24/h5-11,14H,3-4,12-13H2,1-2H3,(H,22,23,25). The van der Waals surface area contributed by atoms with Gasteiger partial charge in [0.2, 0.25) is 10.0 Å². The lowest BCUT2D eigenvalue weighted by molar-refractivity contribution is 0.102. The van der Waals surface area contributed by atoms with E-state index in [0.717, 1.165) is 28.6 Å². The minimum Gasteiger partial charge on any atom is -0.298 e. The van der Waals surface area contributed by atoms with Crippen molar-refractivity contribution in [1.82, 2.24) is 9.29 Å². The Balaban J connectivity index is 1.53. The number of rotatable bonds is 5. The zero-order valence-electron chi connectivity index (χ0n) is 16.4. The number of sulfonamides is 1. The van der Waals surface area contributed by atoms with Gasteiger partial charge in [-0.05, 0) is 54.7 Å². The third-order valence-corrected chi connectivity index (χ3v) is 7.96. The van der Waals surface area contributed by atoms with Gasteiger partial charge in [0.05, 0.1) is 15.1 Å². The SMILES string of the molecule is CC(C)c1cccc2sc(NC(=O)c3ccc(S(=O)(=O)N4CCCC4)cc3)nc12. The van der Waals surface area contributed by atoms with E-state index >= 15 is 0 Å². The Morgan fingerprint density at radius 1 is 1.10 bits per heavy atom. The van der Waals surface area contributed by atoms with E-state index in [0.29, 0.717) is 29.7 Å². The zero-order valence-corrected chi connectivity index (χ0v) is 18.0. The molecule has 1 N–H and O–H groups in total. The quantitative estimate of drug-likeness (QED) is 0.650. The van der Waals surface area contributed by atoms with Gasteiger partial charge in [0.25, 0.3) is 5.91 Å². The van der Waals surface area contributed by atoms with E-state index in [9.17, 15) is 13.2 Å². The molecule has 1 amide bonds. The number of hydrogen-bond acceptors (Lipinski definition) is 5. The normalized spacial score (nSPS) is 15.3. The van der Waals surface area contributed by atoms with Gasteiger partial charge in [0.15, 0.2) is 5.13 Å². The number of carbonyl (C=O) groups excluding carboxylic acids is 1. The Morgan fingerprint density at radius 3 is 2.45 bits per heavy atom. The van der Waals surface area contributed by atoms with Crippen LogP contribution in [0.5, 0.6) is 0 Å². The van der Waals surface area contributed by atoms with Crippen LogP contribution >= 0.6 is 11.3 Å². The number of carbonyl (C=O) groups is 1. The molecule has 0 saturated carbocycles. The lowest BCUT2D eigenvalue weighted by Crippen LogP contribution is -2.27. The second-order valence-electron chi connectivity index (χ2n) is 7.46. The van der Waals surface area contributed by atoms with Gasteiger partial charge in [0, 0.05) is 18.7 Å².